The van der Waals surface area contributed by atoms with Crippen molar-refractivity contribution < 1.29 is 9.66 Å². The zero-order valence-electron chi connectivity index (χ0n) is 20.2. The molecule has 0 unspecified atom stereocenters. The first-order valence-electron chi connectivity index (χ1n) is 12.0. The van der Waals surface area contributed by atoms with Gasteiger partial charge < -0.3 is 9.64 Å². The minimum atomic E-state index is -0.384. The average molecular weight is 474 g/mol. The number of rotatable bonds is 8. The van der Waals surface area contributed by atoms with E-state index in [4.69, 9.17) is 4.74 Å². The highest BCUT2D eigenvalue weighted by atomic mass is 16.6. The molecule has 3 aromatic rings. The van der Waals surface area contributed by atoms with Gasteiger partial charge in [-0.15, -0.1) is 0 Å². The monoisotopic (exact) mass is 473 g/mol. The van der Waals surface area contributed by atoms with Crippen molar-refractivity contribution in [3.8, 4) is 5.75 Å². The van der Waals surface area contributed by atoms with E-state index in [-0.39, 0.29) is 22.0 Å². The van der Waals surface area contributed by atoms with E-state index in [1.165, 1.54) is 0 Å². The number of nitrogens with zero attached hydrogens (tertiary/aromatic N) is 3. The predicted octanol–water partition coefficient (Wildman–Crippen LogP) is 4.98. The van der Waals surface area contributed by atoms with E-state index in [2.05, 4.69) is 23.6 Å². The summed E-state index contributed by atoms with van der Waals surface area (Å²) in [6.07, 6.45) is 0. The summed E-state index contributed by atoms with van der Waals surface area (Å²) in [5, 5.41) is 10.9. The number of non-ortho nitro benzene ring substituents is 1. The van der Waals surface area contributed by atoms with E-state index in [0.717, 1.165) is 48.6 Å². The lowest BCUT2D eigenvalue weighted by Gasteiger charge is -2.36. The Kier molecular flexibility index (Phi) is 7.77. The van der Waals surface area contributed by atoms with Gasteiger partial charge in [0.15, 0.2) is 5.75 Å². The lowest BCUT2D eigenvalue weighted by atomic mass is 10.1. The number of anilines is 1. The second-order valence-electron chi connectivity index (χ2n) is 9.16. The standard InChI is InChI=1S/C28H31N3O4/c1-21(2)23-8-9-24(28(32)27(18-23)35-20-22-6-4-3-5-7-22)19-29-14-16-30(17-15-29)25-10-12-26(13-11-25)31(33)34/h3-13,18,21H,14-17,19-20H2,1-2H3. The molecule has 0 saturated carbocycles. The van der Waals surface area contributed by atoms with Crippen LogP contribution >= 0.6 is 0 Å². The Morgan fingerprint density at radius 1 is 0.943 bits per heavy atom. The Labute approximate surface area is 205 Å². The van der Waals surface area contributed by atoms with Crippen LogP contribution in [0.5, 0.6) is 5.75 Å². The number of hydrogen-bond acceptors (Lipinski definition) is 6. The third-order valence-electron chi connectivity index (χ3n) is 6.39. The van der Waals surface area contributed by atoms with Crippen LogP contribution < -0.4 is 15.1 Å². The lowest BCUT2D eigenvalue weighted by Crippen LogP contribution is -2.46. The summed E-state index contributed by atoms with van der Waals surface area (Å²) in [7, 11) is 0. The van der Waals surface area contributed by atoms with Gasteiger partial charge in [0.1, 0.15) is 6.61 Å². The van der Waals surface area contributed by atoms with E-state index in [9.17, 15) is 14.9 Å². The molecule has 3 aromatic carbocycles. The molecule has 0 aliphatic carbocycles. The third kappa shape index (κ3) is 6.25. The Bertz CT molecular complexity index is 1210. The number of nitro benzene ring substituents is 1. The molecule has 0 aromatic heterocycles. The molecule has 1 heterocycles. The summed E-state index contributed by atoms with van der Waals surface area (Å²) in [6, 6.07) is 22.4. The minimum Gasteiger partial charge on any atom is -0.485 e. The van der Waals surface area contributed by atoms with Crippen molar-refractivity contribution in [2.75, 3.05) is 31.1 Å². The van der Waals surface area contributed by atoms with Gasteiger partial charge in [0.2, 0.25) is 5.43 Å². The molecule has 1 fully saturated rings. The molecule has 0 spiro atoms. The fourth-order valence-electron chi connectivity index (χ4n) is 4.21. The van der Waals surface area contributed by atoms with Gasteiger partial charge in [-0.1, -0.05) is 56.3 Å². The first kappa shape index (κ1) is 24.4. The molecular weight excluding hydrogens is 442 g/mol. The highest BCUT2D eigenvalue weighted by Crippen LogP contribution is 2.22. The van der Waals surface area contributed by atoms with Gasteiger partial charge in [0.05, 0.1) is 4.92 Å². The maximum atomic E-state index is 13.4. The van der Waals surface area contributed by atoms with Gasteiger partial charge in [-0.05, 0) is 35.2 Å². The second kappa shape index (κ2) is 11.1. The quantitative estimate of drug-likeness (QED) is 0.339. The zero-order chi connectivity index (χ0) is 24.8. The first-order chi connectivity index (χ1) is 16.9. The van der Waals surface area contributed by atoms with Gasteiger partial charge in [-0.25, -0.2) is 0 Å². The maximum Gasteiger partial charge on any atom is 0.269 e. The Hall–Kier alpha value is -3.71. The number of ether oxygens (including phenoxy) is 1. The molecule has 7 heteroatoms. The van der Waals surface area contributed by atoms with Crippen molar-refractivity contribution in [1.82, 2.24) is 4.90 Å². The molecule has 182 valence electrons. The van der Waals surface area contributed by atoms with E-state index < -0.39 is 0 Å². The number of benzene rings is 2. The number of piperazine rings is 1. The van der Waals surface area contributed by atoms with E-state index in [1.807, 2.05) is 48.5 Å². The zero-order valence-corrected chi connectivity index (χ0v) is 20.2. The van der Waals surface area contributed by atoms with Crippen LogP contribution in [-0.2, 0) is 13.2 Å². The van der Waals surface area contributed by atoms with Crippen molar-refractivity contribution in [2.24, 2.45) is 0 Å². The Balaban J connectivity index is 1.46. The maximum absolute atomic E-state index is 13.4. The van der Waals surface area contributed by atoms with Crippen LogP contribution in [0.3, 0.4) is 0 Å². The molecule has 1 aliphatic heterocycles. The average Bonchev–Trinajstić information content (AvgIpc) is 3.03. The SMILES string of the molecule is CC(C)c1ccc(CN2CCN(c3ccc([N+](=O)[O-])cc3)CC2)c(=O)c(OCc2ccccc2)c1. The summed E-state index contributed by atoms with van der Waals surface area (Å²) in [5.74, 6) is 0.668. The fraction of sp³-hybridized carbons (Fsp3) is 0.321. The van der Waals surface area contributed by atoms with Crippen molar-refractivity contribution in [1.29, 1.82) is 0 Å². The number of hydrogen-bond donors (Lipinski definition) is 0. The van der Waals surface area contributed by atoms with E-state index in [0.29, 0.717) is 18.9 Å². The summed E-state index contributed by atoms with van der Waals surface area (Å²) in [6.45, 7) is 8.30. The van der Waals surface area contributed by atoms with Gasteiger partial charge in [0.25, 0.3) is 5.69 Å². The molecule has 0 atom stereocenters. The molecule has 0 radical (unpaired) electrons. The molecule has 1 saturated heterocycles. The minimum absolute atomic E-state index is 0.0642. The Morgan fingerprint density at radius 2 is 1.63 bits per heavy atom. The van der Waals surface area contributed by atoms with Gasteiger partial charge in [0, 0.05) is 56.1 Å². The van der Waals surface area contributed by atoms with E-state index >= 15 is 0 Å². The van der Waals surface area contributed by atoms with E-state index in [1.54, 1.807) is 24.3 Å². The molecule has 0 bridgehead atoms. The smallest absolute Gasteiger partial charge is 0.269 e. The van der Waals surface area contributed by atoms with Crippen molar-refractivity contribution in [3.05, 3.63) is 110 Å². The van der Waals surface area contributed by atoms with Gasteiger partial charge in [-0.3, -0.25) is 19.8 Å². The largest absolute Gasteiger partial charge is 0.485 e. The molecule has 0 amide bonds. The van der Waals surface area contributed by atoms with Crippen molar-refractivity contribution >= 4 is 11.4 Å². The highest BCUT2D eigenvalue weighted by Gasteiger charge is 2.20. The third-order valence-corrected chi connectivity index (χ3v) is 6.39. The van der Waals surface area contributed by atoms with Crippen LogP contribution in [0.2, 0.25) is 0 Å². The normalized spacial score (nSPS) is 14.2. The topological polar surface area (TPSA) is 75.9 Å². The molecule has 35 heavy (non-hydrogen) atoms. The first-order valence-corrected chi connectivity index (χ1v) is 12.0. The summed E-state index contributed by atoms with van der Waals surface area (Å²) < 4.78 is 6.02. The molecule has 4 rings (SSSR count). The van der Waals surface area contributed by atoms with Gasteiger partial charge >= 0.3 is 0 Å². The van der Waals surface area contributed by atoms with Crippen molar-refractivity contribution in [2.45, 2.75) is 32.9 Å². The fourth-order valence-corrected chi connectivity index (χ4v) is 4.21. The summed E-state index contributed by atoms with van der Waals surface area (Å²) >= 11 is 0. The number of nitro groups is 1. The summed E-state index contributed by atoms with van der Waals surface area (Å²) in [4.78, 5) is 28.4. The van der Waals surface area contributed by atoms with Crippen LogP contribution in [0.25, 0.3) is 0 Å². The second-order valence-corrected chi connectivity index (χ2v) is 9.16. The predicted molar refractivity (Wildman–Crippen MR) is 138 cm³/mol. The Morgan fingerprint density at radius 3 is 2.26 bits per heavy atom. The van der Waals surface area contributed by atoms with Crippen LogP contribution in [0.15, 0.2) is 77.6 Å². The molecule has 7 nitrogen and oxygen atoms in total. The lowest BCUT2D eigenvalue weighted by molar-refractivity contribution is -0.384. The molecule has 0 N–H and O–H groups in total. The highest BCUT2D eigenvalue weighted by molar-refractivity contribution is 5.51. The van der Waals surface area contributed by atoms with Crippen LogP contribution in [-0.4, -0.2) is 36.0 Å². The van der Waals surface area contributed by atoms with Gasteiger partial charge in [-0.2, -0.15) is 0 Å². The van der Waals surface area contributed by atoms with Crippen molar-refractivity contribution in [3.63, 3.8) is 0 Å². The molecule has 1 aliphatic rings. The molecular formula is C28H31N3O4. The van der Waals surface area contributed by atoms with Crippen LogP contribution in [0.1, 0.15) is 36.5 Å². The van der Waals surface area contributed by atoms with Crippen LogP contribution in [0.4, 0.5) is 11.4 Å². The summed E-state index contributed by atoms with van der Waals surface area (Å²) in [5.41, 5.74) is 3.82. The van der Waals surface area contributed by atoms with Crippen LogP contribution in [0, 0.1) is 10.1 Å².